The molecule has 0 radical (unpaired) electrons. The van der Waals surface area contributed by atoms with Crippen molar-refractivity contribution in [3.05, 3.63) is 95.4 Å². The Balaban J connectivity index is 1.59. The number of fused-ring (bicyclic) bond motifs is 1. The summed E-state index contributed by atoms with van der Waals surface area (Å²) in [7, 11) is 0. The van der Waals surface area contributed by atoms with Gasteiger partial charge in [-0.3, -0.25) is 4.79 Å². The van der Waals surface area contributed by atoms with Gasteiger partial charge in [-0.2, -0.15) is 0 Å². The minimum Gasteiger partial charge on any atom is -0.508 e. The number of carbonyl (C=O) groups excluding carboxylic acids is 1. The van der Waals surface area contributed by atoms with E-state index in [9.17, 15) is 9.90 Å². The van der Waals surface area contributed by atoms with Crippen molar-refractivity contribution in [3.8, 4) is 11.5 Å². The molecule has 1 aliphatic heterocycles. The highest BCUT2D eigenvalue weighted by Crippen LogP contribution is 2.39. The molecule has 0 saturated carbocycles. The van der Waals surface area contributed by atoms with E-state index in [4.69, 9.17) is 9.57 Å². The van der Waals surface area contributed by atoms with Gasteiger partial charge >= 0.3 is 6.47 Å². The molecule has 4 rings (SSSR count). The molecule has 1 N–H and O–H groups in total. The third-order valence-corrected chi connectivity index (χ3v) is 5.51. The lowest BCUT2D eigenvalue weighted by Crippen LogP contribution is -2.24. The predicted octanol–water partition coefficient (Wildman–Crippen LogP) is 5.13. The Morgan fingerprint density at radius 1 is 1.06 bits per heavy atom. The third-order valence-electron chi connectivity index (χ3n) is 5.51. The molecule has 6 heteroatoms. The summed E-state index contributed by atoms with van der Waals surface area (Å²) in [6, 6.07) is 23.8. The van der Waals surface area contributed by atoms with Gasteiger partial charge in [-0.15, -0.1) is 5.06 Å². The number of nitrogens with zero attached hydrogens (tertiary/aromatic N) is 2. The van der Waals surface area contributed by atoms with Crippen LogP contribution in [-0.2, 0) is 22.6 Å². The summed E-state index contributed by atoms with van der Waals surface area (Å²) in [5.74, 6) is 1.71. The normalized spacial score (nSPS) is 13.8. The minimum atomic E-state index is 0.157. The third kappa shape index (κ3) is 5.54. The van der Waals surface area contributed by atoms with Gasteiger partial charge in [0.25, 0.3) is 0 Å². The van der Waals surface area contributed by atoms with Crippen LogP contribution in [0.1, 0.15) is 30.0 Å². The maximum absolute atomic E-state index is 10.8. The highest BCUT2D eigenvalue weighted by atomic mass is 16.7. The van der Waals surface area contributed by atoms with Crippen LogP contribution in [0.5, 0.6) is 11.5 Å². The molecule has 0 spiro atoms. The molecule has 0 aliphatic carbocycles. The van der Waals surface area contributed by atoms with Crippen LogP contribution in [0.2, 0.25) is 0 Å². The van der Waals surface area contributed by atoms with E-state index in [-0.39, 0.29) is 5.75 Å². The largest absolute Gasteiger partial charge is 0.508 e. The molecule has 0 aromatic heterocycles. The molecule has 1 heterocycles. The molecule has 0 saturated heterocycles. The fraction of sp³-hybridized carbons (Fsp3) is 0.222. The van der Waals surface area contributed by atoms with Gasteiger partial charge in [0.05, 0.1) is 12.2 Å². The second kappa shape index (κ2) is 10.7. The first-order valence-electron chi connectivity index (χ1n) is 11.1. The van der Waals surface area contributed by atoms with E-state index in [2.05, 4.69) is 35.2 Å². The second-order valence-electron chi connectivity index (χ2n) is 7.89. The van der Waals surface area contributed by atoms with Crippen molar-refractivity contribution in [2.24, 2.45) is 0 Å². The van der Waals surface area contributed by atoms with Crippen molar-refractivity contribution in [3.63, 3.8) is 0 Å². The maximum atomic E-state index is 10.8. The summed E-state index contributed by atoms with van der Waals surface area (Å²) in [5, 5.41) is 11.9. The molecule has 33 heavy (non-hydrogen) atoms. The quantitative estimate of drug-likeness (QED) is 0.345. The highest BCUT2D eigenvalue weighted by Gasteiger charge is 2.25. The van der Waals surface area contributed by atoms with Gasteiger partial charge in [0, 0.05) is 24.7 Å². The minimum absolute atomic E-state index is 0.157. The summed E-state index contributed by atoms with van der Waals surface area (Å²) in [6.07, 6.45) is 3.67. The highest BCUT2D eigenvalue weighted by molar-refractivity contribution is 5.71. The lowest BCUT2D eigenvalue weighted by Gasteiger charge is -2.20. The zero-order valence-electron chi connectivity index (χ0n) is 18.7. The maximum Gasteiger partial charge on any atom is 0.313 e. The molecule has 1 aliphatic rings. The lowest BCUT2D eigenvalue weighted by molar-refractivity contribution is -0.176. The lowest BCUT2D eigenvalue weighted by atomic mass is 10.1. The van der Waals surface area contributed by atoms with Gasteiger partial charge in [-0.05, 0) is 48.2 Å². The SMILES string of the molecule is CCCN(Cc1cc(/C=C2\Oc3ccccc3N2CCc2ccccc2)ccc1O)OC=O. The molecule has 3 aromatic carbocycles. The number of hydroxylamine groups is 2. The summed E-state index contributed by atoms with van der Waals surface area (Å²) in [6.45, 7) is 4.06. The molecule has 0 fully saturated rings. The van der Waals surface area contributed by atoms with E-state index < -0.39 is 0 Å². The standard InChI is InChI=1S/C27H28N2O4/c1-2-15-28(32-20-30)19-23-17-22(12-13-25(23)31)18-27-29(16-14-21-8-4-3-5-9-21)24-10-6-7-11-26(24)33-27/h3-13,17-18,20,31H,2,14-16,19H2,1H3/b27-18-. The molecular formula is C27H28N2O4. The fourth-order valence-electron chi connectivity index (χ4n) is 3.91. The van der Waals surface area contributed by atoms with E-state index in [1.54, 1.807) is 6.07 Å². The predicted molar refractivity (Wildman–Crippen MR) is 128 cm³/mol. The number of phenols is 1. The summed E-state index contributed by atoms with van der Waals surface area (Å²) >= 11 is 0. The van der Waals surface area contributed by atoms with Crippen LogP contribution in [-0.4, -0.2) is 29.7 Å². The molecule has 170 valence electrons. The van der Waals surface area contributed by atoms with E-state index in [0.29, 0.717) is 25.1 Å². The van der Waals surface area contributed by atoms with Crippen molar-refractivity contribution in [2.75, 3.05) is 18.0 Å². The van der Waals surface area contributed by atoms with E-state index in [1.165, 1.54) is 10.6 Å². The van der Waals surface area contributed by atoms with Gasteiger partial charge in [0.15, 0.2) is 5.75 Å². The van der Waals surface area contributed by atoms with Gasteiger partial charge in [0.2, 0.25) is 5.88 Å². The first-order valence-corrected chi connectivity index (χ1v) is 11.1. The van der Waals surface area contributed by atoms with Crippen LogP contribution < -0.4 is 9.64 Å². The first-order chi connectivity index (χ1) is 16.2. The molecular weight excluding hydrogens is 416 g/mol. The Morgan fingerprint density at radius 3 is 2.64 bits per heavy atom. The number of aromatic hydroxyl groups is 1. The summed E-state index contributed by atoms with van der Waals surface area (Å²) in [4.78, 5) is 18.0. The fourth-order valence-corrected chi connectivity index (χ4v) is 3.91. The number of anilines is 1. The van der Waals surface area contributed by atoms with Gasteiger partial charge in [0.1, 0.15) is 5.75 Å². The van der Waals surface area contributed by atoms with Crippen LogP contribution in [0.3, 0.4) is 0 Å². The Labute approximate surface area is 194 Å². The molecule has 0 bridgehead atoms. The van der Waals surface area contributed by atoms with Crippen molar-refractivity contribution in [2.45, 2.75) is 26.3 Å². The van der Waals surface area contributed by atoms with Gasteiger partial charge < -0.3 is 19.6 Å². The average molecular weight is 445 g/mol. The summed E-state index contributed by atoms with van der Waals surface area (Å²) in [5.41, 5.74) is 3.86. The number of phenolic OH excluding ortho intramolecular Hbond substituents is 1. The Morgan fingerprint density at radius 2 is 1.85 bits per heavy atom. The van der Waals surface area contributed by atoms with E-state index in [1.807, 2.05) is 49.4 Å². The van der Waals surface area contributed by atoms with Gasteiger partial charge in [-0.25, -0.2) is 0 Å². The number of hydrogen-bond acceptors (Lipinski definition) is 6. The number of rotatable bonds is 10. The van der Waals surface area contributed by atoms with E-state index in [0.717, 1.165) is 42.3 Å². The van der Waals surface area contributed by atoms with Crippen molar-refractivity contribution >= 4 is 18.2 Å². The Kier molecular flexibility index (Phi) is 7.27. The molecule has 6 nitrogen and oxygen atoms in total. The van der Waals surface area contributed by atoms with E-state index >= 15 is 0 Å². The molecule has 0 unspecified atom stereocenters. The first kappa shape index (κ1) is 22.4. The number of carbonyl (C=O) groups is 1. The number of hydrogen-bond donors (Lipinski definition) is 1. The van der Waals surface area contributed by atoms with Crippen LogP contribution in [0.25, 0.3) is 6.08 Å². The Hall–Kier alpha value is -3.77. The van der Waals surface area contributed by atoms with Crippen LogP contribution in [0.4, 0.5) is 5.69 Å². The monoisotopic (exact) mass is 444 g/mol. The van der Waals surface area contributed by atoms with Gasteiger partial charge in [-0.1, -0.05) is 55.5 Å². The van der Waals surface area contributed by atoms with Crippen molar-refractivity contribution in [1.82, 2.24) is 5.06 Å². The van der Waals surface area contributed by atoms with Crippen LogP contribution in [0, 0.1) is 0 Å². The number of benzene rings is 3. The second-order valence-corrected chi connectivity index (χ2v) is 7.89. The smallest absolute Gasteiger partial charge is 0.313 e. The molecule has 0 atom stereocenters. The van der Waals surface area contributed by atoms with Crippen molar-refractivity contribution in [1.29, 1.82) is 0 Å². The average Bonchev–Trinajstić information content (AvgIpc) is 3.17. The van der Waals surface area contributed by atoms with Crippen LogP contribution in [0.15, 0.2) is 78.7 Å². The van der Waals surface area contributed by atoms with Crippen LogP contribution >= 0.6 is 0 Å². The number of ether oxygens (including phenoxy) is 1. The molecule has 3 aromatic rings. The molecule has 0 amide bonds. The zero-order chi connectivity index (χ0) is 23.0. The summed E-state index contributed by atoms with van der Waals surface area (Å²) < 4.78 is 6.18. The zero-order valence-corrected chi connectivity index (χ0v) is 18.7. The number of para-hydroxylation sites is 2. The van der Waals surface area contributed by atoms with Crippen molar-refractivity contribution < 1.29 is 19.5 Å². The Bertz CT molecular complexity index is 1110. The topological polar surface area (TPSA) is 62.2 Å².